The van der Waals surface area contributed by atoms with E-state index in [2.05, 4.69) is 5.32 Å². The molecule has 4 aliphatic rings. The van der Waals surface area contributed by atoms with Crippen molar-refractivity contribution < 1.29 is 33.8 Å². The number of hydrogen-bond donors (Lipinski definition) is 2. The number of carbonyl (C=O) groups excluding carboxylic acids is 4. The third-order valence-electron chi connectivity index (χ3n) is 8.68. The number of hydrogen-bond acceptors (Lipinski definition) is 7. The lowest BCUT2D eigenvalue weighted by molar-refractivity contribution is -0.162. The molecule has 41 heavy (non-hydrogen) atoms. The van der Waals surface area contributed by atoms with E-state index in [1.807, 2.05) is 56.3 Å². The predicted octanol–water partition coefficient (Wildman–Crippen LogP) is 1.89. The molecule has 4 heterocycles. The van der Waals surface area contributed by atoms with Crippen molar-refractivity contribution in [3.8, 4) is 0 Å². The van der Waals surface area contributed by atoms with Gasteiger partial charge in [0.25, 0.3) is 0 Å². The number of ether oxygens (including phenoxy) is 2. The highest BCUT2D eigenvalue weighted by Crippen LogP contribution is 2.56. The molecule has 1 spiro atoms. The fourth-order valence-corrected chi connectivity index (χ4v) is 6.66. The summed E-state index contributed by atoms with van der Waals surface area (Å²) in [5.74, 6) is -3.54. The number of cyclic esters (lactones) is 1. The average molecular weight is 566 g/mol. The number of esters is 1. The van der Waals surface area contributed by atoms with Crippen molar-refractivity contribution in [3.63, 3.8) is 0 Å². The molecule has 1 aromatic carbocycles. The van der Waals surface area contributed by atoms with Gasteiger partial charge in [-0.05, 0) is 39.7 Å². The Kier molecular flexibility index (Phi) is 8.07. The Morgan fingerprint density at radius 3 is 2.49 bits per heavy atom. The van der Waals surface area contributed by atoms with Gasteiger partial charge in [0, 0.05) is 19.0 Å². The quantitative estimate of drug-likeness (QED) is 0.422. The van der Waals surface area contributed by atoms with Gasteiger partial charge in [-0.1, -0.05) is 54.6 Å². The molecule has 2 N–H and O–H groups in total. The molecule has 2 fully saturated rings. The summed E-state index contributed by atoms with van der Waals surface area (Å²) < 4.78 is 12.5. The van der Waals surface area contributed by atoms with Crippen molar-refractivity contribution in [2.75, 3.05) is 13.2 Å². The second-order valence-corrected chi connectivity index (χ2v) is 11.7. The van der Waals surface area contributed by atoms with E-state index in [9.17, 15) is 24.3 Å². The number of aliphatic hydroxyl groups excluding tert-OH is 1. The molecule has 1 aromatic rings. The molecule has 10 nitrogen and oxygen atoms in total. The molecule has 5 rings (SSSR count). The van der Waals surface area contributed by atoms with Gasteiger partial charge in [-0.2, -0.15) is 0 Å². The van der Waals surface area contributed by atoms with Crippen LogP contribution in [0.5, 0.6) is 0 Å². The summed E-state index contributed by atoms with van der Waals surface area (Å²) in [5, 5.41) is 13.0. The second kappa shape index (κ2) is 11.4. The van der Waals surface area contributed by atoms with Gasteiger partial charge in [0.15, 0.2) is 0 Å². The zero-order valence-electron chi connectivity index (χ0n) is 23.9. The lowest BCUT2D eigenvalue weighted by Gasteiger charge is -2.39. The highest BCUT2D eigenvalue weighted by Gasteiger charge is 2.74. The van der Waals surface area contributed by atoms with Crippen molar-refractivity contribution in [3.05, 3.63) is 60.2 Å². The first-order valence-corrected chi connectivity index (χ1v) is 14.4. The number of aliphatic hydroxyl groups is 1. The van der Waals surface area contributed by atoms with Gasteiger partial charge in [-0.25, -0.2) is 0 Å². The van der Waals surface area contributed by atoms with Gasteiger partial charge in [-0.15, -0.1) is 0 Å². The molecular formula is C31H39N3O7. The number of nitrogens with one attached hydrogen (secondary N) is 1. The van der Waals surface area contributed by atoms with E-state index in [-0.39, 0.29) is 37.4 Å². The Morgan fingerprint density at radius 1 is 1.07 bits per heavy atom. The lowest BCUT2D eigenvalue weighted by Crippen LogP contribution is -2.59. The summed E-state index contributed by atoms with van der Waals surface area (Å²) in [6, 6.07) is 6.67. The minimum atomic E-state index is -1.36. The van der Waals surface area contributed by atoms with E-state index in [4.69, 9.17) is 9.47 Å². The number of amides is 3. The SMILES string of the molecule is CC(C)N1C/C=C\CCC(=O)N[C@@H](C)[C@H](c2ccccc2)OC(=O)[C@@H]2[C@H]3C(=O)N([C@H](C)CO)[C@H](C1=O)[C@]31C=C[C@H]2O1. The van der Waals surface area contributed by atoms with Crippen molar-refractivity contribution in [2.45, 2.75) is 82.5 Å². The van der Waals surface area contributed by atoms with E-state index in [1.54, 1.807) is 30.9 Å². The first-order chi connectivity index (χ1) is 19.6. The Hall–Kier alpha value is -3.50. The molecule has 3 amide bonds. The van der Waals surface area contributed by atoms with Crippen LogP contribution >= 0.6 is 0 Å². The zero-order chi connectivity index (χ0) is 29.5. The Morgan fingerprint density at radius 2 is 1.80 bits per heavy atom. The molecule has 8 atom stereocenters. The van der Waals surface area contributed by atoms with Gasteiger partial charge in [0.05, 0.1) is 30.7 Å². The molecule has 10 heteroatoms. The molecule has 4 aliphatic heterocycles. The van der Waals surface area contributed by atoms with Crippen LogP contribution in [0.3, 0.4) is 0 Å². The van der Waals surface area contributed by atoms with E-state index in [0.717, 1.165) is 0 Å². The van der Waals surface area contributed by atoms with Crippen LogP contribution in [0, 0.1) is 11.8 Å². The molecule has 0 radical (unpaired) electrons. The van der Waals surface area contributed by atoms with E-state index in [0.29, 0.717) is 12.0 Å². The summed E-state index contributed by atoms with van der Waals surface area (Å²) in [4.78, 5) is 58.2. The van der Waals surface area contributed by atoms with Gasteiger partial charge in [0.2, 0.25) is 17.7 Å². The van der Waals surface area contributed by atoms with E-state index < -0.39 is 59.6 Å². The average Bonchev–Trinajstić information content (AvgIpc) is 3.59. The number of likely N-dealkylation sites (tertiary alicyclic amines) is 1. The maximum Gasteiger partial charge on any atom is 0.313 e. The molecule has 0 aliphatic carbocycles. The molecule has 2 saturated heterocycles. The number of nitrogens with zero attached hydrogens (tertiary/aromatic N) is 2. The van der Waals surface area contributed by atoms with Crippen LogP contribution in [0.1, 0.15) is 52.2 Å². The maximum absolute atomic E-state index is 14.3. The number of allylic oxidation sites excluding steroid dienone is 1. The van der Waals surface area contributed by atoms with Gasteiger partial charge in [0.1, 0.15) is 23.7 Å². The summed E-state index contributed by atoms with van der Waals surface area (Å²) in [6.07, 6.45) is 6.34. The molecule has 0 aromatic heterocycles. The topological polar surface area (TPSA) is 125 Å². The van der Waals surface area contributed by atoms with Gasteiger partial charge < -0.3 is 29.7 Å². The summed E-state index contributed by atoms with van der Waals surface area (Å²) in [6.45, 7) is 7.17. The zero-order valence-corrected chi connectivity index (χ0v) is 23.9. The minimum absolute atomic E-state index is 0.187. The van der Waals surface area contributed by atoms with Crippen LogP contribution < -0.4 is 5.32 Å². The maximum atomic E-state index is 14.3. The third-order valence-corrected chi connectivity index (χ3v) is 8.68. The van der Waals surface area contributed by atoms with E-state index >= 15 is 0 Å². The van der Waals surface area contributed by atoms with Crippen LogP contribution in [-0.4, -0.2) is 87.6 Å². The number of fused-ring (bicyclic) bond motifs is 2. The Bertz CT molecular complexity index is 1250. The normalized spacial score (nSPS) is 35.5. The Labute approximate surface area is 240 Å². The van der Waals surface area contributed by atoms with Crippen molar-refractivity contribution in [1.29, 1.82) is 0 Å². The monoisotopic (exact) mass is 565 g/mol. The molecule has 0 unspecified atom stereocenters. The number of carbonyl (C=O) groups is 4. The summed E-state index contributed by atoms with van der Waals surface area (Å²) in [7, 11) is 0. The predicted molar refractivity (Wildman–Crippen MR) is 149 cm³/mol. The van der Waals surface area contributed by atoms with E-state index in [1.165, 1.54) is 4.90 Å². The highest BCUT2D eigenvalue weighted by atomic mass is 16.6. The largest absolute Gasteiger partial charge is 0.455 e. The highest BCUT2D eigenvalue weighted by molar-refractivity contribution is 5.99. The first kappa shape index (κ1) is 29.0. The van der Waals surface area contributed by atoms with Crippen molar-refractivity contribution in [1.82, 2.24) is 15.1 Å². The van der Waals surface area contributed by atoms with Crippen molar-refractivity contribution >= 4 is 23.7 Å². The minimum Gasteiger partial charge on any atom is -0.455 e. The number of rotatable bonds is 4. The number of benzene rings is 1. The Balaban J connectivity index is 1.59. The van der Waals surface area contributed by atoms with Crippen LogP contribution in [0.4, 0.5) is 0 Å². The fraction of sp³-hybridized carbons (Fsp3) is 0.548. The molecule has 5 bridgehead atoms. The summed E-state index contributed by atoms with van der Waals surface area (Å²) in [5.41, 5.74) is -0.659. The van der Waals surface area contributed by atoms with Crippen LogP contribution in [-0.2, 0) is 28.7 Å². The first-order valence-electron chi connectivity index (χ1n) is 14.4. The lowest BCUT2D eigenvalue weighted by atomic mass is 9.74. The van der Waals surface area contributed by atoms with Gasteiger partial charge >= 0.3 is 5.97 Å². The fourth-order valence-electron chi connectivity index (χ4n) is 6.66. The molecule has 220 valence electrons. The van der Waals surface area contributed by atoms with Crippen molar-refractivity contribution in [2.24, 2.45) is 11.8 Å². The summed E-state index contributed by atoms with van der Waals surface area (Å²) >= 11 is 0. The molecule has 0 saturated carbocycles. The third kappa shape index (κ3) is 4.97. The standard InChI is InChI=1S/C31H39N3O7/c1-18(2)33-16-10-6-9-13-23(36)32-20(4)26(21-11-7-5-8-12-21)40-30(39)24-22-14-15-31(41-22)25(24)28(37)34(19(3)17-35)27(31)29(33)38/h5-8,10-12,14-15,18-20,22,24-27,35H,9,13,16-17H2,1-4H3,(H,32,36)/b10-6-/t19-,20+,22-,24+,25+,26-,27-,31+/m1/s1. The second-order valence-electron chi connectivity index (χ2n) is 11.7. The molecular weight excluding hydrogens is 526 g/mol. The van der Waals surface area contributed by atoms with Crippen LogP contribution in [0.15, 0.2) is 54.6 Å². The van der Waals surface area contributed by atoms with Crippen LogP contribution in [0.2, 0.25) is 0 Å². The van der Waals surface area contributed by atoms with Gasteiger partial charge in [-0.3, -0.25) is 19.2 Å². The smallest absolute Gasteiger partial charge is 0.313 e. The van der Waals surface area contributed by atoms with Crippen LogP contribution in [0.25, 0.3) is 0 Å².